The molecule has 1 radical (unpaired) electrons. The van der Waals surface area contributed by atoms with Gasteiger partial charge in [-0.05, 0) is 0 Å². The van der Waals surface area contributed by atoms with Gasteiger partial charge in [-0.25, -0.2) is 0 Å². The Hall–Kier alpha value is 1.81. The van der Waals surface area contributed by atoms with E-state index in [4.69, 9.17) is 0 Å². The van der Waals surface area contributed by atoms with E-state index in [-0.39, 0.29) is 29.6 Å². The Labute approximate surface area is 89.7 Å². The van der Waals surface area contributed by atoms with E-state index in [1.165, 1.54) is 0 Å². The second kappa shape index (κ2) is 12.5. The van der Waals surface area contributed by atoms with E-state index in [2.05, 4.69) is 0 Å². The zero-order valence-electron chi connectivity index (χ0n) is 4.42. The van der Waals surface area contributed by atoms with Crippen molar-refractivity contribution in [2.75, 3.05) is 0 Å². The van der Waals surface area contributed by atoms with Gasteiger partial charge in [0.15, 0.2) is 0 Å². The van der Waals surface area contributed by atoms with Gasteiger partial charge >= 0.3 is 12.2 Å². The molecule has 0 aliphatic rings. The van der Waals surface area contributed by atoms with Crippen LogP contribution in [0, 0.1) is 0 Å². The average Bonchev–Trinajstić information content (AvgIpc) is 1.25. The summed E-state index contributed by atoms with van der Waals surface area (Å²) in [7, 11) is 0. The number of rotatable bonds is 0. The van der Waals surface area contributed by atoms with Crippen LogP contribution in [0.3, 0.4) is 0 Å². The summed E-state index contributed by atoms with van der Waals surface area (Å²) in [6, 6.07) is 0. The van der Waals surface area contributed by atoms with Crippen LogP contribution in [0.4, 0.5) is 17.3 Å². The second-order valence-electron chi connectivity index (χ2n) is 0.495. The Balaban J connectivity index is -0.0000000720. The fourth-order valence-corrected chi connectivity index (χ4v) is 0. The maximum atomic E-state index is 10.2. The van der Waals surface area contributed by atoms with E-state index in [9.17, 15) is 17.3 Å². The summed E-state index contributed by atoms with van der Waals surface area (Å²) in [5.74, 6) is 0. The molecule has 0 spiro atoms. The Bertz CT molecular complexity index is 32.0. The molecule has 0 nitrogen and oxygen atoms in total. The van der Waals surface area contributed by atoms with Crippen LogP contribution in [0.5, 0.6) is 0 Å². The predicted molar refractivity (Wildman–Crippen MR) is 39.5 cm³/mol. The van der Waals surface area contributed by atoms with Gasteiger partial charge in [-0.2, -0.15) is 0 Å². The van der Waals surface area contributed by atoms with Gasteiger partial charge in [-0.15, -0.1) is 0 Å². The van der Waals surface area contributed by atoms with Gasteiger partial charge in [-0.1, -0.05) is 31.5 Å². The van der Waals surface area contributed by atoms with Gasteiger partial charge < -0.3 is 0 Å². The van der Waals surface area contributed by atoms with Crippen LogP contribution in [0.25, 0.3) is 0 Å². The molecule has 0 aliphatic heterocycles. The minimum Gasteiger partial charge on any atom is -0.274 e. The molecule has 0 aromatic heterocycles. The molecule has 0 unspecified atom stereocenters. The normalized spacial score (nSPS) is 6.00. The Morgan fingerprint density at radius 3 is 0.778 bits per heavy atom. The molecular weight excluding hydrogens is 280 g/mol. The summed E-state index contributed by atoms with van der Waals surface area (Å²) in [5, 5.41) is 0. The van der Waals surface area contributed by atoms with Gasteiger partial charge in [0.05, 0.1) is 0 Å². The van der Waals surface area contributed by atoms with Crippen LogP contribution in [0.1, 0.15) is 0 Å². The zero-order chi connectivity index (χ0) is 7.15. The van der Waals surface area contributed by atoms with E-state index < -0.39 is 12.2 Å². The fourth-order valence-electron chi connectivity index (χ4n) is 0. The van der Waals surface area contributed by atoms with E-state index >= 15 is 0 Å². The maximum Gasteiger partial charge on any atom is 0.616 e. The Morgan fingerprint density at radius 1 is 0.778 bits per heavy atom. The first-order valence-electron chi connectivity index (χ1n) is 1.31. The van der Waals surface area contributed by atoms with Crippen molar-refractivity contribution in [2.45, 2.75) is 0 Å². The van der Waals surface area contributed by atoms with Crippen LogP contribution in [0.15, 0.2) is 0 Å². The Morgan fingerprint density at radius 2 is 0.778 bits per heavy atom. The molecule has 0 bridgehead atoms. The first-order valence-corrected chi connectivity index (χ1v) is 3.14. The molecule has 0 aromatic rings. The van der Waals surface area contributed by atoms with Crippen LogP contribution >= 0.6 is 31.5 Å². The third-order valence-corrected chi connectivity index (χ3v) is 0. The van der Waals surface area contributed by atoms with Crippen molar-refractivity contribution in [2.24, 2.45) is 0 Å². The van der Waals surface area contributed by atoms with Crippen LogP contribution in [0.2, 0.25) is 0 Å². The smallest absolute Gasteiger partial charge is 0.274 e. The largest absolute Gasteiger partial charge is 0.616 e. The summed E-state index contributed by atoms with van der Waals surface area (Å²) in [5.41, 5.74) is 0. The molecule has 49 valence electrons. The van der Waals surface area contributed by atoms with Crippen molar-refractivity contribution in [3.63, 3.8) is 0 Å². The van der Waals surface area contributed by atoms with Gasteiger partial charge in [0.1, 0.15) is 0 Å². The molecule has 0 aromatic carbocycles. The second-order valence-corrected chi connectivity index (χ2v) is 1.88. The maximum absolute atomic E-state index is 10.2. The SMILES string of the molecule is FB(F)Br.FB(F)Br.[Na]. The van der Waals surface area contributed by atoms with Crippen molar-refractivity contribution >= 4 is 73.3 Å². The summed E-state index contributed by atoms with van der Waals surface area (Å²) < 4.78 is 41.0. The summed E-state index contributed by atoms with van der Waals surface area (Å²) in [4.78, 5) is 0. The molecule has 0 amide bonds. The third-order valence-electron chi connectivity index (χ3n) is 0. The molecule has 0 N–H and O–H groups in total. The standard InChI is InChI=1S/2BBrF2.Na/c2*2-1(3)4;. The van der Waals surface area contributed by atoms with Crippen molar-refractivity contribution in [1.29, 1.82) is 0 Å². The fraction of sp³-hybridized carbons (Fsp3) is 0. The summed E-state index contributed by atoms with van der Waals surface area (Å²) in [6.07, 6.45) is -4.71. The van der Waals surface area contributed by atoms with Crippen LogP contribution in [-0.4, -0.2) is 41.7 Å². The minimum absolute atomic E-state index is 0. The molecule has 0 heterocycles. The third kappa shape index (κ3) is 183. The topological polar surface area (TPSA) is 0 Å². The van der Waals surface area contributed by atoms with Gasteiger partial charge in [0, 0.05) is 29.6 Å². The summed E-state index contributed by atoms with van der Waals surface area (Å²) >= 11 is 3.88. The molecule has 0 fully saturated rings. The molecular formula is B2Br2F4Na. The van der Waals surface area contributed by atoms with Crippen molar-refractivity contribution in [3.8, 4) is 0 Å². The number of hydrogen-bond acceptors (Lipinski definition) is 0. The molecule has 9 heavy (non-hydrogen) atoms. The molecule has 0 saturated carbocycles. The molecule has 0 atom stereocenters. The minimum atomic E-state index is -2.35. The van der Waals surface area contributed by atoms with Gasteiger partial charge in [0.25, 0.3) is 0 Å². The molecule has 0 rings (SSSR count). The van der Waals surface area contributed by atoms with Crippen LogP contribution in [-0.2, 0) is 0 Å². The van der Waals surface area contributed by atoms with E-state index in [1.807, 2.05) is 31.5 Å². The Kier molecular flexibility index (Phi) is 23.7. The van der Waals surface area contributed by atoms with Crippen molar-refractivity contribution in [3.05, 3.63) is 0 Å². The molecule has 0 aliphatic carbocycles. The zero-order valence-corrected chi connectivity index (χ0v) is 9.59. The molecule has 0 saturated heterocycles. The van der Waals surface area contributed by atoms with E-state index in [0.717, 1.165) is 0 Å². The predicted octanol–water partition coefficient (Wildman–Crippen LogP) is 2.23. The van der Waals surface area contributed by atoms with Gasteiger partial charge in [0.2, 0.25) is 0 Å². The van der Waals surface area contributed by atoms with E-state index in [0.29, 0.717) is 0 Å². The summed E-state index contributed by atoms with van der Waals surface area (Å²) in [6.45, 7) is 0. The number of hydrogen-bond donors (Lipinski definition) is 0. The van der Waals surface area contributed by atoms with Gasteiger partial charge in [-0.3, -0.25) is 17.3 Å². The quantitative estimate of drug-likeness (QED) is 0.471. The first kappa shape index (κ1) is 17.1. The van der Waals surface area contributed by atoms with Crippen LogP contribution < -0.4 is 0 Å². The monoisotopic (exact) mass is 279 g/mol. The van der Waals surface area contributed by atoms with Crippen molar-refractivity contribution in [1.82, 2.24) is 0 Å². The first-order chi connectivity index (χ1) is 3.46. The van der Waals surface area contributed by atoms with Crippen molar-refractivity contribution < 1.29 is 17.3 Å². The molecule has 9 heteroatoms. The average molecular weight is 280 g/mol. The number of halogens is 6. The van der Waals surface area contributed by atoms with E-state index in [1.54, 1.807) is 0 Å².